The van der Waals surface area contributed by atoms with Gasteiger partial charge in [0.2, 0.25) is 0 Å². The van der Waals surface area contributed by atoms with Crippen molar-refractivity contribution in [3.8, 4) is 0 Å². The monoisotopic (exact) mass is 403 g/mol. The average Bonchev–Trinajstić information content (AvgIpc) is 2.95. The summed E-state index contributed by atoms with van der Waals surface area (Å²) in [4.78, 5) is 26.0. The van der Waals surface area contributed by atoms with Gasteiger partial charge in [-0.3, -0.25) is 9.59 Å². The van der Waals surface area contributed by atoms with Gasteiger partial charge in [0.1, 0.15) is 0 Å². The Morgan fingerprint density at radius 1 is 0.690 bits per heavy atom. The lowest BCUT2D eigenvalue weighted by Gasteiger charge is -2.14. The highest BCUT2D eigenvalue weighted by Crippen LogP contribution is 2.28. The van der Waals surface area contributed by atoms with Gasteiger partial charge in [-0.2, -0.15) is 0 Å². The van der Waals surface area contributed by atoms with Crippen LogP contribution in [0.4, 0.5) is 5.69 Å². The smallest absolute Gasteiger partial charge is 0.266 e. The molecule has 29 heavy (non-hydrogen) atoms. The molecule has 2 aromatic carbocycles. The summed E-state index contributed by atoms with van der Waals surface area (Å²) in [7, 11) is 0. The van der Waals surface area contributed by atoms with Crippen molar-refractivity contribution in [2.24, 2.45) is 0 Å². The van der Waals surface area contributed by atoms with E-state index in [1.165, 1.54) is 10.5 Å². The van der Waals surface area contributed by atoms with E-state index >= 15 is 0 Å². The molecule has 2 aromatic rings. The van der Waals surface area contributed by atoms with Gasteiger partial charge in [0.15, 0.2) is 0 Å². The molecule has 3 heteroatoms. The fourth-order valence-corrected chi connectivity index (χ4v) is 2.62. The lowest BCUT2D eigenvalue weighted by molar-refractivity contribution is 0.0926. The minimum atomic E-state index is -0.239. The van der Waals surface area contributed by atoms with Crippen LogP contribution in [0.1, 0.15) is 103 Å². The summed E-state index contributed by atoms with van der Waals surface area (Å²) in [6.45, 7) is 10.2. The van der Waals surface area contributed by atoms with Crippen molar-refractivity contribution in [3.05, 3.63) is 65.2 Å². The number of aryl methyl sites for hydroxylation is 1. The highest BCUT2D eigenvalue weighted by molar-refractivity contribution is 6.34. The number of amides is 2. The van der Waals surface area contributed by atoms with E-state index in [1.807, 2.05) is 52.0 Å². The summed E-state index contributed by atoms with van der Waals surface area (Å²) in [5.41, 5.74) is 2.84. The van der Waals surface area contributed by atoms with Gasteiger partial charge in [-0.25, -0.2) is 4.90 Å². The Hall–Kier alpha value is -2.42. The molecule has 1 heterocycles. The van der Waals surface area contributed by atoms with Gasteiger partial charge in [0, 0.05) is 0 Å². The third kappa shape index (κ3) is 7.84. The number of carbonyl (C=O) groups is 2. The molecule has 3 rings (SSSR count). The molecule has 1 aliphatic heterocycles. The molecule has 166 valence electrons. The first kappa shape index (κ1) is 34.1. The van der Waals surface area contributed by atoms with Crippen molar-refractivity contribution in [2.75, 3.05) is 4.90 Å². The van der Waals surface area contributed by atoms with Gasteiger partial charge >= 0.3 is 0 Å². The first-order valence-corrected chi connectivity index (χ1v) is 9.29. The van der Waals surface area contributed by atoms with Crippen LogP contribution < -0.4 is 4.90 Å². The summed E-state index contributed by atoms with van der Waals surface area (Å²) in [6, 6.07) is 14.7. The second kappa shape index (κ2) is 17.7. The number of carbonyl (C=O) groups excluding carboxylic acids is 2. The molecule has 0 saturated carbocycles. The number of nitrogens with zero attached hydrogens (tertiary/aromatic N) is 1. The molecular formula is C26H45NO2. The zero-order valence-electron chi connectivity index (χ0n) is 16.0. The number of hydrogen-bond donors (Lipinski definition) is 0. The summed E-state index contributed by atoms with van der Waals surface area (Å²) >= 11 is 0. The SMILES string of the molecule is C.C.C.C.CC.CC.CCCCc1ccc(N2C(=O)c3ccccc3C2=O)cc1. The number of anilines is 1. The third-order valence-corrected chi connectivity index (χ3v) is 3.81. The van der Waals surface area contributed by atoms with Crippen LogP contribution in [0.25, 0.3) is 0 Å². The molecule has 0 aliphatic carbocycles. The van der Waals surface area contributed by atoms with E-state index in [2.05, 4.69) is 6.92 Å². The highest BCUT2D eigenvalue weighted by Gasteiger charge is 2.36. The van der Waals surface area contributed by atoms with E-state index in [4.69, 9.17) is 0 Å². The fourth-order valence-electron chi connectivity index (χ4n) is 2.62. The van der Waals surface area contributed by atoms with Crippen molar-refractivity contribution in [1.29, 1.82) is 0 Å². The number of imide groups is 1. The molecule has 0 radical (unpaired) electrons. The Balaban J connectivity index is -0.000000369. The van der Waals surface area contributed by atoms with Crippen LogP contribution in [-0.4, -0.2) is 11.8 Å². The lowest BCUT2D eigenvalue weighted by Crippen LogP contribution is -2.29. The Morgan fingerprint density at radius 3 is 1.48 bits per heavy atom. The van der Waals surface area contributed by atoms with Gasteiger partial charge in [0.05, 0.1) is 16.8 Å². The predicted molar refractivity (Wildman–Crippen MR) is 132 cm³/mol. The molecule has 2 amide bonds. The van der Waals surface area contributed by atoms with Gasteiger partial charge in [-0.1, -0.05) is 95.0 Å². The average molecular weight is 404 g/mol. The van der Waals surface area contributed by atoms with E-state index in [0.717, 1.165) is 19.3 Å². The van der Waals surface area contributed by atoms with Crippen molar-refractivity contribution in [3.63, 3.8) is 0 Å². The minimum absolute atomic E-state index is 0. The molecule has 3 nitrogen and oxygen atoms in total. The summed E-state index contributed by atoms with van der Waals surface area (Å²) in [5, 5.41) is 0. The zero-order valence-corrected chi connectivity index (χ0v) is 16.0. The van der Waals surface area contributed by atoms with Crippen LogP contribution in [0.2, 0.25) is 0 Å². The van der Waals surface area contributed by atoms with Crippen LogP contribution in [0.5, 0.6) is 0 Å². The number of fused-ring (bicyclic) bond motifs is 1. The Morgan fingerprint density at radius 2 is 1.10 bits per heavy atom. The molecular weight excluding hydrogens is 358 g/mol. The van der Waals surface area contributed by atoms with Crippen molar-refractivity contribution < 1.29 is 9.59 Å². The first-order chi connectivity index (χ1) is 12.2. The molecule has 0 bridgehead atoms. The Labute approximate surface area is 181 Å². The standard InChI is InChI=1S/C18H17NO2.2C2H6.4CH4/c1-2-3-6-13-9-11-14(12-10-13)19-17(20)15-7-4-5-8-16(15)18(19)21;2*1-2;;;;/h4-5,7-12H,2-3,6H2,1H3;2*1-2H3;4*1H4. The summed E-state index contributed by atoms with van der Waals surface area (Å²) in [5.74, 6) is -0.478. The van der Waals surface area contributed by atoms with Gasteiger partial charge < -0.3 is 0 Å². The van der Waals surface area contributed by atoms with Crippen LogP contribution in [-0.2, 0) is 6.42 Å². The fraction of sp³-hybridized carbons (Fsp3) is 0.462. The van der Waals surface area contributed by atoms with Crippen LogP contribution >= 0.6 is 0 Å². The normalized spacial score (nSPS) is 10.3. The molecule has 0 aromatic heterocycles. The van der Waals surface area contributed by atoms with E-state index in [0.29, 0.717) is 16.8 Å². The van der Waals surface area contributed by atoms with Crippen LogP contribution in [0.3, 0.4) is 0 Å². The maximum Gasteiger partial charge on any atom is 0.266 e. The van der Waals surface area contributed by atoms with E-state index in [9.17, 15) is 9.59 Å². The Bertz CT molecular complexity index is 655. The maximum absolute atomic E-state index is 12.4. The van der Waals surface area contributed by atoms with Crippen molar-refractivity contribution in [2.45, 2.75) is 83.6 Å². The minimum Gasteiger partial charge on any atom is -0.268 e. The molecule has 0 fully saturated rings. The molecule has 0 spiro atoms. The van der Waals surface area contributed by atoms with Gasteiger partial charge in [-0.15, -0.1) is 0 Å². The first-order valence-electron chi connectivity index (χ1n) is 9.29. The molecule has 0 atom stereocenters. The molecule has 0 saturated heterocycles. The predicted octanol–water partition coefficient (Wildman–Crippen LogP) is 8.43. The van der Waals surface area contributed by atoms with Crippen LogP contribution in [0, 0.1) is 0 Å². The molecule has 0 N–H and O–H groups in total. The Kier molecular flexibility index (Phi) is 20.8. The largest absolute Gasteiger partial charge is 0.268 e. The van der Waals surface area contributed by atoms with Crippen LogP contribution in [0.15, 0.2) is 48.5 Å². The number of benzene rings is 2. The van der Waals surface area contributed by atoms with Crippen molar-refractivity contribution >= 4 is 17.5 Å². The molecule has 0 unspecified atom stereocenters. The molecule has 1 aliphatic rings. The summed E-state index contributed by atoms with van der Waals surface area (Å²) < 4.78 is 0. The number of unbranched alkanes of at least 4 members (excludes halogenated alkanes) is 1. The second-order valence-electron chi connectivity index (χ2n) is 5.26. The van der Waals surface area contributed by atoms with Gasteiger partial charge in [-0.05, 0) is 42.7 Å². The number of hydrogen-bond acceptors (Lipinski definition) is 2. The van der Waals surface area contributed by atoms with E-state index < -0.39 is 0 Å². The quantitative estimate of drug-likeness (QED) is 0.480. The highest BCUT2D eigenvalue weighted by atomic mass is 16.2. The summed E-state index contributed by atoms with van der Waals surface area (Å²) in [6.07, 6.45) is 3.32. The maximum atomic E-state index is 12.4. The topological polar surface area (TPSA) is 37.4 Å². The third-order valence-electron chi connectivity index (χ3n) is 3.81. The second-order valence-corrected chi connectivity index (χ2v) is 5.26. The lowest BCUT2D eigenvalue weighted by atomic mass is 10.1. The van der Waals surface area contributed by atoms with E-state index in [-0.39, 0.29) is 41.5 Å². The van der Waals surface area contributed by atoms with Gasteiger partial charge in [0.25, 0.3) is 11.8 Å². The zero-order chi connectivity index (χ0) is 18.8. The van der Waals surface area contributed by atoms with E-state index in [1.54, 1.807) is 24.3 Å². The van der Waals surface area contributed by atoms with Crippen molar-refractivity contribution in [1.82, 2.24) is 0 Å². The number of rotatable bonds is 4.